The highest BCUT2D eigenvalue weighted by Crippen LogP contribution is 2.21. The van der Waals surface area contributed by atoms with Crippen LogP contribution in [-0.4, -0.2) is 10.9 Å². The molecule has 0 radical (unpaired) electrons. The maximum atomic E-state index is 10.6. The third-order valence-electron chi connectivity index (χ3n) is 1.10. The van der Waals surface area contributed by atoms with Crippen LogP contribution in [0, 0.1) is 0 Å². The van der Waals surface area contributed by atoms with Gasteiger partial charge in [-0.1, -0.05) is 11.8 Å². The van der Waals surface area contributed by atoms with Crippen LogP contribution in [0.3, 0.4) is 0 Å². The van der Waals surface area contributed by atoms with Gasteiger partial charge < -0.3 is 5.73 Å². The van der Waals surface area contributed by atoms with Crippen molar-refractivity contribution < 1.29 is 4.79 Å². The maximum absolute atomic E-state index is 10.6. The molecule has 0 fully saturated rings. The molecule has 44 valence electrons. The SMILES string of the molecule is CC1=C(N)C(=O)SC1. The van der Waals surface area contributed by atoms with E-state index >= 15 is 0 Å². The third kappa shape index (κ3) is 0.733. The average Bonchev–Trinajstić information content (AvgIpc) is 1.98. The van der Waals surface area contributed by atoms with E-state index in [-0.39, 0.29) is 5.12 Å². The van der Waals surface area contributed by atoms with Crippen molar-refractivity contribution in [2.24, 2.45) is 5.73 Å². The van der Waals surface area contributed by atoms with E-state index in [9.17, 15) is 4.79 Å². The zero-order valence-corrected chi connectivity index (χ0v) is 5.42. The van der Waals surface area contributed by atoms with Gasteiger partial charge in [0.15, 0.2) is 0 Å². The van der Waals surface area contributed by atoms with Crippen LogP contribution in [0.1, 0.15) is 6.92 Å². The predicted molar refractivity (Wildman–Crippen MR) is 34.4 cm³/mol. The predicted octanol–water partition coefficient (Wildman–Crippen LogP) is 0.493. The lowest BCUT2D eigenvalue weighted by atomic mass is 10.3. The second-order valence-corrected chi connectivity index (χ2v) is 2.72. The molecule has 0 aromatic rings. The number of rotatable bonds is 0. The summed E-state index contributed by atoms with van der Waals surface area (Å²) in [6, 6.07) is 0. The van der Waals surface area contributed by atoms with E-state index in [1.54, 1.807) is 0 Å². The zero-order valence-electron chi connectivity index (χ0n) is 4.60. The van der Waals surface area contributed by atoms with Gasteiger partial charge in [0, 0.05) is 5.75 Å². The summed E-state index contributed by atoms with van der Waals surface area (Å²) in [7, 11) is 0. The topological polar surface area (TPSA) is 43.1 Å². The fraction of sp³-hybridized carbons (Fsp3) is 0.400. The van der Waals surface area contributed by atoms with Crippen LogP contribution in [0.15, 0.2) is 11.3 Å². The molecule has 0 amide bonds. The first-order valence-corrected chi connectivity index (χ1v) is 3.32. The van der Waals surface area contributed by atoms with E-state index in [1.165, 1.54) is 11.8 Å². The lowest BCUT2D eigenvalue weighted by Crippen LogP contribution is -2.03. The average molecular weight is 129 g/mol. The van der Waals surface area contributed by atoms with Gasteiger partial charge in [0.1, 0.15) is 0 Å². The first-order valence-electron chi connectivity index (χ1n) is 2.34. The Balaban J connectivity index is 2.86. The van der Waals surface area contributed by atoms with Gasteiger partial charge in [-0.05, 0) is 12.5 Å². The van der Waals surface area contributed by atoms with E-state index in [1.807, 2.05) is 6.92 Å². The monoisotopic (exact) mass is 129 g/mol. The zero-order chi connectivity index (χ0) is 6.15. The summed E-state index contributed by atoms with van der Waals surface area (Å²) in [5, 5.41) is 0.0301. The molecule has 3 heteroatoms. The first kappa shape index (κ1) is 5.69. The maximum Gasteiger partial charge on any atom is 0.235 e. The third-order valence-corrected chi connectivity index (χ3v) is 2.16. The van der Waals surface area contributed by atoms with Gasteiger partial charge in [0.2, 0.25) is 5.12 Å². The van der Waals surface area contributed by atoms with Crippen LogP contribution in [0.4, 0.5) is 0 Å². The van der Waals surface area contributed by atoms with Gasteiger partial charge in [-0.25, -0.2) is 0 Å². The number of carbonyl (C=O) groups excluding carboxylic acids is 1. The van der Waals surface area contributed by atoms with Crippen LogP contribution < -0.4 is 5.73 Å². The van der Waals surface area contributed by atoms with Crippen molar-refractivity contribution in [2.75, 3.05) is 5.75 Å². The Hall–Kier alpha value is -0.440. The van der Waals surface area contributed by atoms with E-state index in [2.05, 4.69) is 0 Å². The molecule has 1 aliphatic heterocycles. The molecule has 0 aliphatic carbocycles. The highest BCUT2D eigenvalue weighted by molar-refractivity contribution is 8.14. The van der Waals surface area contributed by atoms with Crippen molar-refractivity contribution in [1.82, 2.24) is 0 Å². The van der Waals surface area contributed by atoms with Gasteiger partial charge in [-0.15, -0.1) is 0 Å². The molecule has 0 unspecified atom stereocenters. The van der Waals surface area contributed by atoms with E-state index in [0.29, 0.717) is 5.70 Å². The molecule has 8 heavy (non-hydrogen) atoms. The minimum Gasteiger partial charge on any atom is -0.395 e. The molecule has 2 nitrogen and oxygen atoms in total. The fourth-order valence-electron chi connectivity index (χ4n) is 0.504. The quantitative estimate of drug-likeness (QED) is 0.517. The van der Waals surface area contributed by atoms with E-state index < -0.39 is 0 Å². The lowest BCUT2D eigenvalue weighted by Gasteiger charge is -1.85. The molecule has 0 atom stereocenters. The summed E-state index contributed by atoms with van der Waals surface area (Å²) in [6.45, 7) is 1.88. The normalized spacial score (nSPS) is 20.4. The van der Waals surface area contributed by atoms with Crippen molar-refractivity contribution in [3.8, 4) is 0 Å². The summed E-state index contributed by atoms with van der Waals surface area (Å²) < 4.78 is 0. The van der Waals surface area contributed by atoms with Crippen LogP contribution in [-0.2, 0) is 4.79 Å². The van der Waals surface area contributed by atoms with Gasteiger partial charge >= 0.3 is 0 Å². The molecule has 1 aliphatic rings. The summed E-state index contributed by atoms with van der Waals surface area (Å²) >= 11 is 1.28. The largest absolute Gasteiger partial charge is 0.395 e. The van der Waals surface area contributed by atoms with Gasteiger partial charge in [0.25, 0.3) is 0 Å². The molecule has 1 rings (SSSR count). The van der Waals surface area contributed by atoms with Gasteiger partial charge in [-0.2, -0.15) is 0 Å². The smallest absolute Gasteiger partial charge is 0.235 e. The molecule has 1 heterocycles. The summed E-state index contributed by atoms with van der Waals surface area (Å²) in [5.74, 6) is 0.782. The fourth-order valence-corrected chi connectivity index (χ4v) is 1.34. The number of carbonyl (C=O) groups is 1. The Labute approximate surface area is 52.1 Å². The molecule has 2 N–H and O–H groups in total. The Bertz CT molecular complexity index is 162. The van der Waals surface area contributed by atoms with Crippen LogP contribution >= 0.6 is 11.8 Å². The second-order valence-electron chi connectivity index (χ2n) is 1.77. The molecular formula is C5H7NOS. The Kier molecular flexibility index (Phi) is 1.29. The minimum atomic E-state index is 0.0301. The Morgan fingerprint density at radius 1 is 1.75 bits per heavy atom. The Morgan fingerprint density at radius 3 is 2.50 bits per heavy atom. The first-order chi connectivity index (χ1) is 3.72. The van der Waals surface area contributed by atoms with Crippen molar-refractivity contribution >= 4 is 16.9 Å². The summed E-state index contributed by atoms with van der Waals surface area (Å²) in [6.07, 6.45) is 0. The van der Waals surface area contributed by atoms with E-state index in [0.717, 1.165) is 11.3 Å². The van der Waals surface area contributed by atoms with Crippen molar-refractivity contribution in [1.29, 1.82) is 0 Å². The highest BCUT2D eigenvalue weighted by atomic mass is 32.2. The number of hydrogen-bond acceptors (Lipinski definition) is 3. The highest BCUT2D eigenvalue weighted by Gasteiger charge is 2.16. The van der Waals surface area contributed by atoms with Crippen LogP contribution in [0.5, 0.6) is 0 Å². The number of hydrogen-bond donors (Lipinski definition) is 1. The molecule has 0 bridgehead atoms. The van der Waals surface area contributed by atoms with Gasteiger partial charge in [0.05, 0.1) is 5.70 Å². The van der Waals surface area contributed by atoms with E-state index in [4.69, 9.17) is 5.73 Å². The number of nitrogens with two attached hydrogens (primary N) is 1. The van der Waals surface area contributed by atoms with Crippen LogP contribution in [0.2, 0.25) is 0 Å². The summed E-state index contributed by atoms with van der Waals surface area (Å²) in [5.41, 5.74) is 6.80. The Morgan fingerprint density at radius 2 is 2.38 bits per heavy atom. The molecule has 0 spiro atoms. The second kappa shape index (κ2) is 1.82. The molecule has 0 saturated carbocycles. The van der Waals surface area contributed by atoms with Gasteiger partial charge in [-0.3, -0.25) is 4.79 Å². The van der Waals surface area contributed by atoms with Crippen LogP contribution in [0.25, 0.3) is 0 Å². The molecule has 0 aromatic heterocycles. The lowest BCUT2D eigenvalue weighted by molar-refractivity contribution is -0.107. The van der Waals surface area contributed by atoms with Crippen molar-refractivity contribution in [2.45, 2.75) is 6.92 Å². The molecular weight excluding hydrogens is 122 g/mol. The standard InChI is InChI=1S/C5H7NOS/c1-3-2-8-5(7)4(3)6/h2,6H2,1H3. The minimum absolute atomic E-state index is 0.0301. The summed E-state index contributed by atoms with van der Waals surface area (Å²) in [4.78, 5) is 10.6. The number of thioether (sulfide) groups is 1. The van der Waals surface area contributed by atoms with Crippen molar-refractivity contribution in [3.63, 3.8) is 0 Å². The van der Waals surface area contributed by atoms with Crippen molar-refractivity contribution in [3.05, 3.63) is 11.3 Å². The molecule has 0 saturated heterocycles. The molecule has 0 aromatic carbocycles.